The van der Waals surface area contributed by atoms with E-state index in [2.05, 4.69) is 22.9 Å². The Morgan fingerprint density at radius 3 is 2.62 bits per heavy atom. The minimum absolute atomic E-state index is 0.0711. The number of hydrogen-bond acceptors (Lipinski definition) is 3. The summed E-state index contributed by atoms with van der Waals surface area (Å²) in [4.78, 5) is 24.4. The van der Waals surface area contributed by atoms with Crippen molar-refractivity contribution in [2.75, 3.05) is 11.9 Å². The highest BCUT2D eigenvalue weighted by atomic mass is 16.2. The summed E-state index contributed by atoms with van der Waals surface area (Å²) in [6, 6.07) is 7.64. The predicted molar refractivity (Wildman–Crippen MR) is 96.6 cm³/mol. The van der Waals surface area contributed by atoms with Gasteiger partial charge in [0.05, 0.1) is 0 Å². The molecular weight excluding hydrogens is 302 g/mol. The molecule has 1 aromatic carbocycles. The number of anilines is 1. The number of benzene rings is 1. The number of carbonyl (C=O) groups excluding carboxylic acids is 2. The maximum absolute atomic E-state index is 12.3. The third kappa shape index (κ3) is 5.64. The topological polar surface area (TPSA) is 70.2 Å². The van der Waals surface area contributed by atoms with E-state index in [-0.39, 0.29) is 30.2 Å². The van der Waals surface area contributed by atoms with Crippen LogP contribution in [0.2, 0.25) is 0 Å². The Labute approximate surface area is 144 Å². The van der Waals surface area contributed by atoms with Crippen LogP contribution in [0.3, 0.4) is 0 Å². The SMILES string of the molecule is CCNCc1ccccc1NC(=O)CC(C)NC(=O)C1CCCC1. The molecule has 0 bridgehead atoms. The molecule has 0 radical (unpaired) electrons. The zero-order valence-corrected chi connectivity index (χ0v) is 14.7. The molecular formula is C19H29N3O2. The van der Waals surface area contributed by atoms with Crippen molar-refractivity contribution < 1.29 is 9.59 Å². The molecule has 1 aliphatic rings. The van der Waals surface area contributed by atoms with Gasteiger partial charge in [0.1, 0.15) is 0 Å². The molecule has 0 aliphatic heterocycles. The minimum atomic E-state index is -0.154. The smallest absolute Gasteiger partial charge is 0.226 e. The Bertz CT molecular complexity index is 553. The summed E-state index contributed by atoms with van der Waals surface area (Å²) in [6.07, 6.45) is 4.50. The van der Waals surface area contributed by atoms with Crippen LogP contribution in [0.25, 0.3) is 0 Å². The highest BCUT2D eigenvalue weighted by Gasteiger charge is 2.24. The van der Waals surface area contributed by atoms with Crippen LogP contribution in [-0.4, -0.2) is 24.4 Å². The first-order valence-corrected chi connectivity index (χ1v) is 8.99. The maximum Gasteiger partial charge on any atom is 0.226 e. The number of amides is 2. The number of hydrogen-bond donors (Lipinski definition) is 3. The molecule has 2 amide bonds. The maximum atomic E-state index is 12.3. The zero-order chi connectivity index (χ0) is 17.4. The lowest BCUT2D eigenvalue weighted by Crippen LogP contribution is -2.38. The molecule has 1 unspecified atom stereocenters. The normalized spacial score (nSPS) is 15.9. The Morgan fingerprint density at radius 1 is 1.21 bits per heavy atom. The second-order valence-corrected chi connectivity index (χ2v) is 6.58. The van der Waals surface area contributed by atoms with Crippen molar-refractivity contribution in [3.05, 3.63) is 29.8 Å². The molecule has 132 valence electrons. The Balaban J connectivity index is 1.83. The van der Waals surface area contributed by atoms with E-state index in [1.54, 1.807) is 0 Å². The van der Waals surface area contributed by atoms with Crippen LogP contribution >= 0.6 is 0 Å². The van der Waals surface area contributed by atoms with Crippen molar-refractivity contribution in [3.8, 4) is 0 Å². The van der Waals surface area contributed by atoms with Gasteiger partial charge in [-0.25, -0.2) is 0 Å². The molecule has 5 nitrogen and oxygen atoms in total. The quantitative estimate of drug-likeness (QED) is 0.686. The lowest BCUT2D eigenvalue weighted by molar-refractivity contribution is -0.125. The van der Waals surface area contributed by atoms with E-state index in [9.17, 15) is 9.59 Å². The summed E-state index contributed by atoms with van der Waals surface area (Å²) >= 11 is 0. The van der Waals surface area contributed by atoms with Crippen molar-refractivity contribution in [1.82, 2.24) is 10.6 Å². The van der Waals surface area contributed by atoms with Gasteiger partial charge in [-0.1, -0.05) is 38.0 Å². The molecule has 1 aromatic rings. The standard InChI is InChI=1S/C19H29N3O2/c1-3-20-13-16-10-6-7-11-17(16)22-18(23)12-14(2)21-19(24)15-8-4-5-9-15/h6-7,10-11,14-15,20H,3-5,8-9,12-13H2,1-2H3,(H,21,24)(H,22,23). The first kappa shape index (κ1) is 18.5. The van der Waals surface area contributed by atoms with Crippen molar-refractivity contribution in [2.24, 2.45) is 5.92 Å². The van der Waals surface area contributed by atoms with Crippen molar-refractivity contribution in [1.29, 1.82) is 0 Å². The van der Waals surface area contributed by atoms with Gasteiger partial charge >= 0.3 is 0 Å². The van der Waals surface area contributed by atoms with E-state index in [0.29, 0.717) is 0 Å². The number of carbonyl (C=O) groups is 2. The molecule has 0 saturated heterocycles. The van der Waals surface area contributed by atoms with Crippen LogP contribution in [0, 0.1) is 5.92 Å². The van der Waals surface area contributed by atoms with E-state index < -0.39 is 0 Å². The fraction of sp³-hybridized carbons (Fsp3) is 0.579. The van der Waals surface area contributed by atoms with Crippen LogP contribution < -0.4 is 16.0 Å². The van der Waals surface area contributed by atoms with Gasteiger partial charge in [-0.15, -0.1) is 0 Å². The van der Waals surface area contributed by atoms with E-state index in [1.807, 2.05) is 31.2 Å². The van der Waals surface area contributed by atoms with Gasteiger partial charge in [-0.3, -0.25) is 9.59 Å². The van der Waals surface area contributed by atoms with Crippen LogP contribution in [-0.2, 0) is 16.1 Å². The molecule has 1 atom stereocenters. The number of rotatable bonds is 8. The zero-order valence-electron chi connectivity index (χ0n) is 14.7. The Morgan fingerprint density at radius 2 is 1.92 bits per heavy atom. The van der Waals surface area contributed by atoms with Crippen LogP contribution in [0.5, 0.6) is 0 Å². The monoisotopic (exact) mass is 331 g/mol. The summed E-state index contributed by atoms with van der Waals surface area (Å²) < 4.78 is 0. The second-order valence-electron chi connectivity index (χ2n) is 6.58. The van der Waals surface area contributed by atoms with Gasteiger partial charge in [0.15, 0.2) is 0 Å². The third-order valence-electron chi connectivity index (χ3n) is 4.46. The fourth-order valence-corrected chi connectivity index (χ4v) is 3.14. The fourth-order valence-electron chi connectivity index (χ4n) is 3.14. The highest BCUT2D eigenvalue weighted by molar-refractivity contribution is 5.92. The summed E-state index contributed by atoms with van der Waals surface area (Å²) in [7, 11) is 0. The van der Waals surface area contributed by atoms with Crippen LogP contribution in [0.4, 0.5) is 5.69 Å². The van der Waals surface area contributed by atoms with Crippen molar-refractivity contribution >= 4 is 17.5 Å². The van der Waals surface area contributed by atoms with Gasteiger partial charge in [0.2, 0.25) is 11.8 Å². The molecule has 2 rings (SSSR count). The average molecular weight is 331 g/mol. The minimum Gasteiger partial charge on any atom is -0.353 e. The Kier molecular flexibility index (Phi) is 7.25. The van der Waals surface area contributed by atoms with E-state index in [0.717, 1.165) is 50.0 Å². The summed E-state index contributed by atoms with van der Waals surface area (Å²) in [5.74, 6) is 0.162. The summed E-state index contributed by atoms with van der Waals surface area (Å²) in [5, 5.41) is 9.21. The first-order valence-electron chi connectivity index (χ1n) is 8.99. The summed E-state index contributed by atoms with van der Waals surface area (Å²) in [6.45, 7) is 5.54. The predicted octanol–water partition coefficient (Wildman–Crippen LogP) is 2.82. The molecule has 3 N–H and O–H groups in total. The van der Waals surface area contributed by atoms with Crippen LogP contribution in [0.1, 0.15) is 51.5 Å². The number of para-hydroxylation sites is 1. The third-order valence-corrected chi connectivity index (χ3v) is 4.46. The van der Waals surface area contributed by atoms with Crippen molar-refractivity contribution in [2.45, 2.75) is 58.5 Å². The first-order chi connectivity index (χ1) is 11.6. The number of nitrogens with one attached hydrogen (secondary N) is 3. The summed E-state index contributed by atoms with van der Waals surface area (Å²) in [5.41, 5.74) is 1.90. The molecule has 5 heteroatoms. The largest absolute Gasteiger partial charge is 0.353 e. The average Bonchev–Trinajstić information content (AvgIpc) is 3.08. The van der Waals surface area contributed by atoms with E-state index >= 15 is 0 Å². The molecule has 1 saturated carbocycles. The molecule has 1 fully saturated rings. The van der Waals surface area contributed by atoms with Gasteiger partial charge in [-0.05, 0) is 37.9 Å². The van der Waals surface area contributed by atoms with Crippen molar-refractivity contribution in [3.63, 3.8) is 0 Å². The van der Waals surface area contributed by atoms with Gasteiger partial charge < -0.3 is 16.0 Å². The molecule has 0 heterocycles. The van der Waals surface area contributed by atoms with Gasteiger partial charge in [-0.2, -0.15) is 0 Å². The molecule has 24 heavy (non-hydrogen) atoms. The van der Waals surface area contributed by atoms with Gasteiger partial charge in [0.25, 0.3) is 0 Å². The van der Waals surface area contributed by atoms with E-state index in [4.69, 9.17) is 0 Å². The molecule has 1 aliphatic carbocycles. The van der Waals surface area contributed by atoms with Crippen LogP contribution in [0.15, 0.2) is 24.3 Å². The lowest BCUT2D eigenvalue weighted by Gasteiger charge is -2.17. The molecule has 0 aromatic heterocycles. The highest BCUT2D eigenvalue weighted by Crippen LogP contribution is 2.24. The second kappa shape index (κ2) is 9.42. The lowest BCUT2D eigenvalue weighted by atomic mass is 10.1. The Hall–Kier alpha value is -1.88. The van der Waals surface area contributed by atoms with E-state index in [1.165, 1.54) is 0 Å². The molecule has 0 spiro atoms. The van der Waals surface area contributed by atoms with Gasteiger partial charge in [0, 0.05) is 30.6 Å².